The Morgan fingerprint density at radius 3 is 2.63 bits per heavy atom. The topological polar surface area (TPSA) is 86.4 Å². The van der Waals surface area contributed by atoms with Crippen LogP contribution in [0.3, 0.4) is 0 Å². The minimum absolute atomic E-state index is 0.00659. The Morgan fingerprint density at radius 2 is 1.93 bits per heavy atom. The number of rotatable bonds is 6. The molecule has 3 rings (SSSR count). The summed E-state index contributed by atoms with van der Waals surface area (Å²) < 4.78 is 7.26. The molecule has 7 heteroatoms. The number of aromatic nitrogens is 1. The maximum Gasteiger partial charge on any atom is 0.407 e. The fourth-order valence-corrected chi connectivity index (χ4v) is 3.03. The zero-order valence-corrected chi connectivity index (χ0v) is 15.2. The first-order chi connectivity index (χ1) is 13.0. The van der Waals surface area contributed by atoms with E-state index in [9.17, 15) is 14.9 Å². The molecule has 0 saturated heterocycles. The monoisotopic (exact) mass is 367 g/mol. The standard InChI is InChI=1S/C20H21N3O4/c1-14(18-12-22(2)19-6-4-3-5-17(18)19)11-21-20(24)27-13-15-7-9-16(10-8-15)23(25)26/h3-10,12,14H,11,13H2,1-2H3,(H,21,24)/t14-/m1/s1. The average molecular weight is 367 g/mol. The Hall–Kier alpha value is -3.35. The molecule has 3 aromatic rings. The van der Waals surface area contributed by atoms with Crippen LogP contribution < -0.4 is 5.32 Å². The van der Waals surface area contributed by atoms with Gasteiger partial charge in [-0.05, 0) is 29.3 Å². The number of aryl methyl sites for hydroxylation is 1. The van der Waals surface area contributed by atoms with Crippen LogP contribution in [0.15, 0.2) is 54.7 Å². The lowest BCUT2D eigenvalue weighted by Gasteiger charge is -2.12. The molecule has 0 aliphatic heterocycles. The van der Waals surface area contributed by atoms with Crippen molar-refractivity contribution in [3.63, 3.8) is 0 Å². The van der Waals surface area contributed by atoms with Crippen LogP contribution in [-0.4, -0.2) is 22.1 Å². The van der Waals surface area contributed by atoms with Gasteiger partial charge < -0.3 is 14.6 Å². The van der Waals surface area contributed by atoms with E-state index in [-0.39, 0.29) is 18.2 Å². The molecular weight excluding hydrogens is 346 g/mol. The summed E-state index contributed by atoms with van der Waals surface area (Å²) in [7, 11) is 2.00. The quantitative estimate of drug-likeness (QED) is 0.524. The van der Waals surface area contributed by atoms with Gasteiger partial charge in [0.25, 0.3) is 5.69 Å². The van der Waals surface area contributed by atoms with Crippen molar-refractivity contribution in [2.24, 2.45) is 7.05 Å². The van der Waals surface area contributed by atoms with E-state index in [2.05, 4.69) is 35.1 Å². The molecule has 1 aromatic heterocycles. The smallest absolute Gasteiger partial charge is 0.407 e. The highest BCUT2D eigenvalue weighted by Gasteiger charge is 2.14. The number of hydrogen-bond donors (Lipinski definition) is 1. The van der Waals surface area contributed by atoms with Crippen LogP contribution in [0.1, 0.15) is 24.0 Å². The number of nitrogens with one attached hydrogen (secondary N) is 1. The molecule has 0 radical (unpaired) electrons. The van der Waals surface area contributed by atoms with Crippen LogP contribution in [0.5, 0.6) is 0 Å². The molecule has 7 nitrogen and oxygen atoms in total. The van der Waals surface area contributed by atoms with Gasteiger partial charge in [0, 0.05) is 48.7 Å². The number of fused-ring (bicyclic) bond motifs is 1. The highest BCUT2D eigenvalue weighted by molar-refractivity contribution is 5.84. The van der Waals surface area contributed by atoms with Gasteiger partial charge >= 0.3 is 6.09 Å². The van der Waals surface area contributed by atoms with Crippen molar-refractivity contribution in [2.75, 3.05) is 6.54 Å². The van der Waals surface area contributed by atoms with Gasteiger partial charge in [-0.1, -0.05) is 25.1 Å². The van der Waals surface area contributed by atoms with Gasteiger partial charge in [-0.15, -0.1) is 0 Å². The molecule has 27 heavy (non-hydrogen) atoms. The summed E-state index contributed by atoms with van der Waals surface area (Å²) in [5, 5.41) is 14.6. The second kappa shape index (κ2) is 7.90. The molecule has 0 unspecified atom stereocenters. The van der Waals surface area contributed by atoms with E-state index in [1.54, 1.807) is 12.1 Å². The van der Waals surface area contributed by atoms with E-state index in [0.717, 1.165) is 5.52 Å². The summed E-state index contributed by atoms with van der Waals surface area (Å²) >= 11 is 0. The lowest BCUT2D eigenvalue weighted by atomic mass is 10.0. The molecule has 0 aliphatic carbocycles. The average Bonchev–Trinajstić information content (AvgIpc) is 3.02. The van der Waals surface area contributed by atoms with Gasteiger partial charge in [0.2, 0.25) is 0 Å². The zero-order valence-electron chi connectivity index (χ0n) is 15.2. The number of hydrogen-bond acceptors (Lipinski definition) is 4. The van der Waals surface area contributed by atoms with Crippen LogP contribution in [-0.2, 0) is 18.4 Å². The number of non-ortho nitro benzene ring substituents is 1. The van der Waals surface area contributed by atoms with E-state index in [4.69, 9.17) is 4.74 Å². The molecular formula is C20H21N3O4. The number of nitrogens with zero attached hydrogens (tertiary/aromatic N) is 2. The molecule has 0 bridgehead atoms. The van der Waals surface area contributed by atoms with Gasteiger partial charge in [0.1, 0.15) is 6.61 Å². The number of benzene rings is 2. The van der Waals surface area contributed by atoms with E-state index in [1.807, 2.05) is 19.2 Å². The Balaban J connectivity index is 1.53. The van der Waals surface area contributed by atoms with Gasteiger partial charge in [-0.3, -0.25) is 10.1 Å². The first kappa shape index (κ1) is 18.4. The molecule has 1 heterocycles. The third-order valence-electron chi connectivity index (χ3n) is 4.53. The fraction of sp³-hybridized carbons (Fsp3) is 0.250. The third kappa shape index (κ3) is 4.25. The third-order valence-corrected chi connectivity index (χ3v) is 4.53. The summed E-state index contributed by atoms with van der Waals surface area (Å²) in [5.74, 6) is 0.128. The summed E-state index contributed by atoms with van der Waals surface area (Å²) in [6.07, 6.45) is 1.57. The van der Waals surface area contributed by atoms with E-state index < -0.39 is 11.0 Å². The van der Waals surface area contributed by atoms with Gasteiger partial charge in [0.05, 0.1) is 4.92 Å². The normalized spacial score (nSPS) is 11.9. The van der Waals surface area contributed by atoms with Crippen LogP contribution >= 0.6 is 0 Å². The Labute approximate surface area is 156 Å². The number of carbonyl (C=O) groups is 1. The highest BCUT2D eigenvalue weighted by Crippen LogP contribution is 2.26. The number of amides is 1. The summed E-state index contributed by atoms with van der Waals surface area (Å²) in [6, 6.07) is 14.1. The summed E-state index contributed by atoms with van der Waals surface area (Å²) in [5.41, 5.74) is 3.02. The largest absolute Gasteiger partial charge is 0.445 e. The number of nitro groups is 1. The van der Waals surface area contributed by atoms with Crippen molar-refractivity contribution in [1.82, 2.24) is 9.88 Å². The minimum atomic E-state index is -0.513. The molecule has 1 N–H and O–H groups in total. The minimum Gasteiger partial charge on any atom is -0.445 e. The number of alkyl carbamates (subject to hydrolysis) is 1. The lowest BCUT2D eigenvalue weighted by Crippen LogP contribution is -2.28. The Bertz CT molecular complexity index is 963. The van der Waals surface area contributed by atoms with Gasteiger partial charge in [0.15, 0.2) is 0 Å². The molecule has 0 spiro atoms. The van der Waals surface area contributed by atoms with E-state index >= 15 is 0 Å². The lowest BCUT2D eigenvalue weighted by molar-refractivity contribution is -0.384. The zero-order chi connectivity index (χ0) is 19.4. The molecule has 1 amide bonds. The van der Waals surface area contributed by atoms with Crippen LogP contribution in [0.25, 0.3) is 10.9 Å². The van der Waals surface area contributed by atoms with Gasteiger partial charge in [-0.2, -0.15) is 0 Å². The molecule has 2 aromatic carbocycles. The van der Waals surface area contributed by atoms with E-state index in [1.165, 1.54) is 23.1 Å². The predicted octanol–water partition coefficient (Wildman–Crippen LogP) is 4.12. The maximum absolute atomic E-state index is 11.9. The van der Waals surface area contributed by atoms with Crippen molar-refractivity contribution < 1.29 is 14.5 Å². The summed E-state index contributed by atoms with van der Waals surface area (Å²) in [6.45, 7) is 2.57. The Morgan fingerprint density at radius 1 is 1.22 bits per heavy atom. The SMILES string of the molecule is C[C@H](CNC(=O)OCc1ccc([N+](=O)[O-])cc1)c1cn(C)c2ccccc12. The highest BCUT2D eigenvalue weighted by atomic mass is 16.6. The van der Waals surface area contributed by atoms with Crippen molar-refractivity contribution in [3.05, 3.63) is 76.0 Å². The van der Waals surface area contributed by atoms with Crippen molar-refractivity contribution in [3.8, 4) is 0 Å². The second-order valence-electron chi connectivity index (χ2n) is 6.49. The molecule has 0 saturated carbocycles. The number of carbonyl (C=O) groups excluding carboxylic acids is 1. The van der Waals surface area contributed by atoms with Crippen LogP contribution in [0.4, 0.5) is 10.5 Å². The number of nitro benzene ring substituents is 1. The van der Waals surface area contributed by atoms with Gasteiger partial charge in [-0.25, -0.2) is 4.79 Å². The van der Waals surface area contributed by atoms with Crippen molar-refractivity contribution in [2.45, 2.75) is 19.4 Å². The van der Waals surface area contributed by atoms with Crippen LogP contribution in [0, 0.1) is 10.1 Å². The van der Waals surface area contributed by atoms with Crippen LogP contribution in [0.2, 0.25) is 0 Å². The molecule has 140 valence electrons. The second-order valence-corrected chi connectivity index (χ2v) is 6.49. The number of ether oxygens (including phenoxy) is 1. The summed E-state index contributed by atoms with van der Waals surface area (Å²) in [4.78, 5) is 22.1. The number of para-hydroxylation sites is 1. The Kier molecular flexibility index (Phi) is 5.40. The first-order valence-corrected chi connectivity index (χ1v) is 8.63. The molecule has 0 fully saturated rings. The van der Waals surface area contributed by atoms with Crippen molar-refractivity contribution >= 4 is 22.7 Å². The molecule has 1 atom stereocenters. The van der Waals surface area contributed by atoms with E-state index in [0.29, 0.717) is 12.1 Å². The first-order valence-electron chi connectivity index (χ1n) is 8.63. The predicted molar refractivity (Wildman–Crippen MR) is 103 cm³/mol. The fourth-order valence-electron chi connectivity index (χ4n) is 3.03. The van der Waals surface area contributed by atoms with Crippen molar-refractivity contribution in [1.29, 1.82) is 0 Å². The molecule has 0 aliphatic rings. The maximum atomic E-state index is 11.9.